The fraction of sp³-hybridized carbons (Fsp3) is 0.600. The first-order chi connectivity index (χ1) is 9.27. The van der Waals surface area contributed by atoms with Gasteiger partial charge in [0.2, 0.25) is 0 Å². The quantitative estimate of drug-likeness (QED) is 0.855. The minimum absolute atomic E-state index is 0.239. The van der Waals surface area contributed by atoms with Gasteiger partial charge in [0.15, 0.2) is 0 Å². The summed E-state index contributed by atoms with van der Waals surface area (Å²) in [5.41, 5.74) is 0.939. The zero-order valence-corrected chi connectivity index (χ0v) is 11.9. The van der Waals surface area contributed by atoms with Gasteiger partial charge in [-0.3, -0.25) is 4.90 Å². The fourth-order valence-electron chi connectivity index (χ4n) is 2.82. The maximum atomic E-state index is 10.2. The second-order valence-corrected chi connectivity index (χ2v) is 4.98. The topological polar surface area (TPSA) is 44.7 Å². The Kier molecular flexibility index (Phi) is 5.05. The molecule has 2 N–H and O–H groups in total. The molecule has 1 fully saturated rings. The largest absolute Gasteiger partial charge is 0.507 e. The highest BCUT2D eigenvalue weighted by molar-refractivity contribution is 5.46. The number of nitrogens with one attached hydrogen (secondary N) is 1. The van der Waals surface area contributed by atoms with Gasteiger partial charge in [0.05, 0.1) is 12.7 Å². The number of ether oxygens (including phenoxy) is 1. The van der Waals surface area contributed by atoms with Crippen LogP contribution in [0.5, 0.6) is 11.5 Å². The van der Waals surface area contributed by atoms with Gasteiger partial charge in [-0.1, -0.05) is 19.4 Å². The van der Waals surface area contributed by atoms with Crippen molar-refractivity contribution < 1.29 is 9.84 Å². The first-order valence-electron chi connectivity index (χ1n) is 7.08. The number of hydrogen-bond donors (Lipinski definition) is 2. The minimum atomic E-state index is 0.239. The van der Waals surface area contributed by atoms with Gasteiger partial charge in [-0.15, -0.1) is 0 Å². The van der Waals surface area contributed by atoms with Crippen LogP contribution in [0.15, 0.2) is 18.2 Å². The number of phenolic OH excluding ortho intramolecular Hbond substituents is 1. The standard InChI is InChI=1S/C15H24N2O2/c1-3-5-12(17-10-8-16-9-11-17)15-13(18)6-4-7-14(15)19-2/h4,6-7,12,16,18H,3,5,8-11H2,1-2H3/t12-/m0/s1. The van der Waals surface area contributed by atoms with Crippen LogP contribution in [0.25, 0.3) is 0 Å². The fourth-order valence-corrected chi connectivity index (χ4v) is 2.82. The lowest BCUT2D eigenvalue weighted by Crippen LogP contribution is -2.45. The Morgan fingerprint density at radius 2 is 2.11 bits per heavy atom. The van der Waals surface area contributed by atoms with E-state index in [0.29, 0.717) is 5.75 Å². The van der Waals surface area contributed by atoms with Gasteiger partial charge in [0.1, 0.15) is 11.5 Å². The molecule has 0 aliphatic carbocycles. The molecule has 1 aliphatic rings. The number of rotatable bonds is 5. The lowest BCUT2D eigenvalue weighted by atomic mass is 9.97. The van der Waals surface area contributed by atoms with Crippen molar-refractivity contribution in [2.75, 3.05) is 33.3 Å². The van der Waals surface area contributed by atoms with Crippen LogP contribution in [-0.2, 0) is 0 Å². The van der Waals surface area contributed by atoms with E-state index in [1.807, 2.05) is 12.1 Å². The molecule has 0 aromatic heterocycles. The highest BCUT2D eigenvalue weighted by atomic mass is 16.5. The van der Waals surface area contributed by atoms with Crippen molar-refractivity contribution in [2.24, 2.45) is 0 Å². The number of nitrogens with zero attached hydrogens (tertiary/aromatic N) is 1. The zero-order valence-electron chi connectivity index (χ0n) is 11.9. The van der Waals surface area contributed by atoms with E-state index in [1.165, 1.54) is 0 Å². The summed E-state index contributed by atoms with van der Waals surface area (Å²) in [6.45, 7) is 6.23. The Bertz CT molecular complexity index is 403. The Balaban J connectivity index is 2.32. The third-order valence-corrected chi connectivity index (χ3v) is 3.75. The summed E-state index contributed by atoms with van der Waals surface area (Å²) in [4.78, 5) is 2.44. The molecule has 1 aromatic rings. The molecule has 0 unspecified atom stereocenters. The van der Waals surface area contributed by atoms with E-state index in [2.05, 4.69) is 17.1 Å². The molecule has 0 spiro atoms. The molecule has 4 heteroatoms. The predicted octanol–water partition coefficient (Wildman–Crippen LogP) is 2.15. The minimum Gasteiger partial charge on any atom is -0.507 e. The molecule has 0 bridgehead atoms. The number of hydrogen-bond acceptors (Lipinski definition) is 4. The van der Waals surface area contributed by atoms with E-state index in [4.69, 9.17) is 4.74 Å². The summed E-state index contributed by atoms with van der Waals surface area (Å²) in [6.07, 6.45) is 2.13. The van der Waals surface area contributed by atoms with Crippen LogP contribution in [0, 0.1) is 0 Å². The number of benzene rings is 1. The van der Waals surface area contributed by atoms with E-state index >= 15 is 0 Å². The molecule has 0 radical (unpaired) electrons. The van der Waals surface area contributed by atoms with Crippen molar-refractivity contribution in [3.63, 3.8) is 0 Å². The van der Waals surface area contributed by atoms with Gasteiger partial charge in [0, 0.05) is 32.2 Å². The Morgan fingerprint density at radius 3 is 2.74 bits per heavy atom. The van der Waals surface area contributed by atoms with E-state index in [0.717, 1.165) is 50.3 Å². The van der Waals surface area contributed by atoms with E-state index in [9.17, 15) is 5.11 Å². The molecule has 1 saturated heterocycles. The van der Waals surface area contributed by atoms with Crippen LogP contribution in [0.4, 0.5) is 0 Å². The molecule has 106 valence electrons. The molecule has 2 rings (SSSR count). The zero-order chi connectivity index (χ0) is 13.7. The maximum Gasteiger partial charge on any atom is 0.127 e. The lowest BCUT2D eigenvalue weighted by molar-refractivity contribution is 0.159. The van der Waals surface area contributed by atoms with Gasteiger partial charge in [-0.05, 0) is 18.6 Å². The summed E-state index contributed by atoms with van der Waals surface area (Å²) in [7, 11) is 1.67. The molecule has 1 atom stereocenters. The van der Waals surface area contributed by atoms with Gasteiger partial charge < -0.3 is 15.2 Å². The maximum absolute atomic E-state index is 10.2. The third kappa shape index (κ3) is 3.19. The van der Waals surface area contributed by atoms with Gasteiger partial charge in [0.25, 0.3) is 0 Å². The highest BCUT2D eigenvalue weighted by Crippen LogP contribution is 2.38. The van der Waals surface area contributed by atoms with Crippen molar-refractivity contribution in [1.82, 2.24) is 10.2 Å². The Morgan fingerprint density at radius 1 is 1.37 bits per heavy atom. The van der Waals surface area contributed by atoms with Crippen molar-refractivity contribution in [2.45, 2.75) is 25.8 Å². The van der Waals surface area contributed by atoms with Gasteiger partial charge >= 0.3 is 0 Å². The number of methoxy groups -OCH3 is 1. The highest BCUT2D eigenvalue weighted by Gasteiger charge is 2.26. The monoisotopic (exact) mass is 264 g/mol. The number of piperazine rings is 1. The molecule has 1 aliphatic heterocycles. The summed E-state index contributed by atoms with van der Waals surface area (Å²) in [5, 5.41) is 13.6. The average Bonchev–Trinajstić information content (AvgIpc) is 2.46. The normalized spacial score (nSPS) is 18.2. The van der Waals surface area contributed by atoms with Crippen molar-refractivity contribution in [3.8, 4) is 11.5 Å². The summed E-state index contributed by atoms with van der Waals surface area (Å²) >= 11 is 0. The predicted molar refractivity (Wildman–Crippen MR) is 76.8 cm³/mol. The van der Waals surface area contributed by atoms with Crippen LogP contribution < -0.4 is 10.1 Å². The Labute approximate surface area is 115 Å². The molecule has 1 heterocycles. The SMILES string of the molecule is CCC[C@@H](c1c(O)cccc1OC)N1CCNCC1. The van der Waals surface area contributed by atoms with E-state index in [-0.39, 0.29) is 6.04 Å². The first kappa shape index (κ1) is 14.2. The second-order valence-electron chi connectivity index (χ2n) is 4.98. The van der Waals surface area contributed by atoms with Crippen LogP contribution in [-0.4, -0.2) is 43.3 Å². The van der Waals surface area contributed by atoms with Crippen LogP contribution in [0.3, 0.4) is 0 Å². The smallest absolute Gasteiger partial charge is 0.127 e. The van der Waals surface area contributed by atoms with Crippen molar-refractivity contribution >= 4 is 0 Å². The molecule has 0 amide bonds. The van der Waals surface area contributed by atoms with Crippen LogP contribution in [0.1, 0.15) is 31.4 Å². The summed E-state index contributed by atoms with van der Waals surface area (Å²) in [6, 6.07) is 5.75. The average molecular weight is 264 g/mol. The van der Waals surface area contributed by atoms with Gasteiger partial charge in [-0.2, -0.15) is 0 Å². The number of aromatic hydroxyl groups is 1. The third-order valence-electron chi connectivity index (χ3n) is 3.75. The molecule has 19 heavy (non-hydrogen) atoms. The first-order valence-corrected chi connectivity index (χ1v) is 7.08. The molecule has 0 saturated carbocycles. The molecule has 4 nitrogen and oxygen atoms in total. The Hall–Kier alpha value is -1.26. The van der Waals surface area contributed by atoms with E-state index < -0.39 is 0 Å². The molecular weight excluding hydrogens is 240 g/mol. The van der Waals surface area contributed by atoms with Crippen LogP contribution in [0.2, 0.25) is 0 Å². The van der Waals surface area contributed by atoms with Crippen LogP contribution >= 0.6 is 0 Å². The summed E-state index contributed by atoms with van der Waals surface area (Å²) < 4.78 is 5.44. The van der Waals surface area contributed by atoms with Gasteiger partial charge in [-0.25, -0.2) is 0 Å². The molecule has 1 aromatic carbocycles. The lowest BCUT2D eigenvalue weighted by Gasteiger charge is -2.36. The molecular formula is C15H24N2O2. The van der Waals surface area contributed by atoms with E-state index in [1.54, 1.807) is 13.2 Å². The summed E-state index contributed by atoms with van der Waals surface area (Å²) in [5.74, 6) is 1.13. The second kappa shape index (κ2) is 6.78. The van der Waals surface area contributed by atoms with Crippen molar-refractivity contribution in [1.29, 1.82) is 0 Å². The number of phenols is 1. The van der Waals surface area contributed by atoms with Crippen molar-refractivity contribution in [3.05, 3.63) is 23.8 Å².